The molecular formula is C21H19ClN4O3S. The van der Waals surface area contributed by atoms with E-state index in [9.17, 15) is 9.59 Å². The Morgan fingerprint density at radius 1 is 1.33 bits per heavy atom. The molecular weight excluding hydrogens is 424 g/mol. The van der Waals surface area contributed by atoms with Crippen molar-refractivity contribution in [2.24, 2.45) is 12.0 Å². The first-order valence-corrected chi connectivity index (χ1v) is 10.5. The summed E-state index contributed by atoms with van der Waals surface area (Å²) >= 11 is 7.33. The molecule has 4 rings (SSSR count). The average molecular weight is 443 g/mol. The molecule has 0 saturated carbocycles. The quantitative estimate of drug-likeness (QED) is 0.580. The van der Waals surface area contributed by atoms with Gasteiger partial charge in [0.1, 0.15) is 0 Å². The van der Waals surface area contributed by atoms with E-state index in [1.54, 1.807) is 47.5 Å². The zero-order valence-electron chi connectivity index (χ0n) is 16.6. The van der Waals surface area contributed by atoms with Gasteiger partial charge in [-0.1, -0.05) is 35.1 Å². The van der Waals surface area contributed by atoms with Gasteiger partial charge in [-0.05, 0) is 37.6 Å². The Hall–Kier alpha value is -2.97. The van der Waals surface area contributed by atoms with E-state index < -0.39 is 12.0 Å². The van der Waals surface area contributed by atoms with Crippen LogP contribution in [-0.4, -0.2) is 26.9 Å². The molecule has 7 nitrogen and oxygen atoms in total. The molecule has 30 heavy (non-hydrogen) atoms. The number of allylic oxidation sites excluding steroid dienone is 1. The van der Waals surface area contributed by atoms with Crippen LogP contribution >= 0.6 is 22.9 Å². The predicted molar refractivity (Wildman–Crippen MR) is 115 cm³/mol. The molecule has 0 radical (unpaired) electrons. The highest BCUT2D eigenvalue weighted by molar-refractivity contribution is 7.07. The number of rotatable bonds is 4. The van der Waals surface area contributed by atoms with Gasteiger partial charge in [-0.2, -0.15) is 5.10 Å². The average Bonchev–Trinajstić information content (AvgIpc) is 3.24. The zero-order valence-corrected chi connectivity index (χ0v) is 18.2. The minimum atomic E-state index is -0.645. The minimum Gasteiger partial charge on any atom is -0.463 e. The number of hydrogen-bond acceptors (Lipinski definition) is 6. The summed E-state index contributed by atoms with van der Waals surface area (Å²) in [5.41, 5.74) is 2.22. The normalized spacial score (nSPS) is 16.4. The van der Waals surface area contributed by atoms with Crippen LogP contribution in [0.3, 0.4) is 0 Å². The number of benzene rings is 1. The third kappa shape index (κ3) is 3.64. The predicted octanol–water partition coefficient (Wildman–Crippen LogP) is 2.19. The van der Waals surface area contributed by atoms with Crippen molar-refractivity contribution in [3.63, 3.8) is 0 Å². The second-order valence-corrected chi connectivity index (χ2v) is 8.25. The van der Waals surface area contributed by atoms with Gasteiger partial charge in [0.25, 0.3) is 5.56 Å². The molecule has 1 aromatic carbocycles. The van der Waals surface area contributed by atoms with Crippen molar-refractivity contribution in [3.05, 3.63) is 83.8 Å². The maximum absolute atomic E-state index is 13.4. The lowest BCUT2D eigenvalue weighted by Gasteiger charge is -2.24. The van der Waals surface area contributed by atoms with Gasteiger partial charge in [0.15, 0.2) is 4.80 Å². The molecule has 0 saturated heterocycles. The Labute approximate surface area is 181 Å². The number of carbonyl (C=O) groups excluding carboxylic acids is 1. The number of carbonyl (C=O) groups is 1. The van der Waals surface area contributed by atoms with E-state index in [1.807, 2.05) is 25.4 Å². The number of hydrogen-bond donors (Lipinski definition) is 0. The fraction of sp³-hybridized carbons (Fsp3) is 0.238. The van der Waals surface area contributed by atoms with E-state index in [-0.39, 0.29) is 12.2 Å². The van der Waals surface area contributed by atoms with Gasteiger partial charge >= 0.3 is 5.97 Å². The molecule has 0 aliphatic carbocycles. The summed E-state index contributed by atoms with van der Waals surface area (Å²) in [6, 6.07) is 6.45. The maximum atomic E-state index is 13.4. The molecule has 1 atom stereocenters. The number of ether oxygens (including phenoxy) is 1. The van der Waals surface area contributed by atoms with Crippen LogP contribution in [0.15, 0.2) is 57.7 Å². The highest BCUT2D eigenvalue weighted by Gasteiger charge is 2.33. The van der Waals surface area contributed by atoms with Crippen LogP contribution in [-0.2, 0) is 16.6 Å². The molecule has 0 unspecified atom stereocenters. The highest BCUT2D eigenvalue weighted by atomic mass is 35.5. The molecule has 1 aliphatic rings. The number of aryl methyl sites for hydroxylation is 1. The molecule has 1 aliphatic heterocycles. The summed E-state index contributed by atoms with van der Waals surface area (Å²) in [6.07, 6.45) is 5.29. The molecule has 3 heterocycles. The van der Waals surface area contributed by atoms with Gasteiger partial charge in [-0.3, -0.25) is 14.0 Å². The number of thiazole rings is 1. The third-order valence-electron chi connectivity index (χ3n) is 4.73. The SMILES string of the molecule is CCOC(=O)C1=C(C)N=c2sc(=Cc3cnn(C)c3)c(=O)n2[C@H]1c1ccc(Cl)cc1. The topological polar surface area (TPSA) is 78.5 Å². The number of esters is 1. The highest BCUT2D eigenvalue weighted by Crippen LogP contribution is 2.31. The first-order chi connectivity index (χ1) is 14.4. The molecule has 0 spiro atoms. The van der Waals surface area contributed by atoms with Crippen LogP contribution in [0.2, 0.25) is 5.02 Å². The smallest absolute Gasteiger partial charge is 0.338 e. The summed E-state index contributed by atoms with van der Waals surface area (Å²) in [6.45, 7) is 3.73. The van der Waals surface area contributed by atoms with Crippen molar-refractivity contribution in [1.82, 2.24) is 14.3 Å². The van der Waals surface area contributed by atoms with Gasteiger partial charge < -0.3 is 4.74 Å². The van der Waals surface area contributed by atoms with E-state index in [0.717, 1.165) is 11.1 Å². The fourth-order valence-corrected chi connectivity index (χ4v) is 4.59. The van der Waals surface area contributed by atoms with Crippen molar-refractivity contribution in [2.45, 2.75) is 19.9 Å². The molecule has 0 amide bonds. The summed E-state index contributed by atoms with van der Waals surface area (Å²) in [5, 5.41) is 4.71. The number of halogens is 1. The van der Waals surface area contributed by atoms with Crippen LogP contribution in [0.4, 0.5) is 0 Å². The Bertz CT molecular complexity index is 1330. The second-order valence-electron chi connectivity index (χ2n) is 6.80. The summed E-state index contributed by atoms with van der Waals surface area (Å²) in [5.74, 6) is -0.486. The van der Waals surface area contributed by atoms with Gasteiger partial charge in [0, 0.05) is 23.8 Å². The number of nitrogens with zero attached hydrogens (tertiary/aromatic N) is 4. The van der Waals surface area contributed by atoms with Crippen molar-refractivity contribution in [3.8, 4) is 0 Å². The minimum absolute atomic E-state index is 0.225. The molecule has 0 bridgehead atoms. The third-order valence-corrected chi connectivity index (χ3v) is 5.96. The molecule has 0 fully saturated rings. The van der Waals surface area contributed by atoms with E-state index in [2.05, 4.69) is 10.1 Å². The molecule has 3 aromatic rings. The standard InChI is InChI=1S/C21H19ClN4O3S/c1-4-29-20(28)17-12(2)24-21-26(18(17)14-5-7-15(22)8-6-14)19(27)16(30-21)9-13-10-23-25(3)11-13/h5-11,18H,4H2,1-3H3/t18-/m0/s1. The lowest BCUT2D eigenvalue weighted by molar-refractivity contribution is -0.139. The van der Waals surface area contributed by atoms with Gasteiger partial charge in [-0.25, -0.2) is 9.79 Å². The lowest BCUT2D eigenvalue weighted by atomic mass is 9.96. The Kier molecular flexibility index (Phi) is 5.44. The summed E-state index contributed by atoms with van der Waals surface area (Å²) in [4.78, 5) is 31.2. The molecule has 0 N–H and O–H groups in total. The molecule has 2 aromatic heterocycles. The number of fused-ring (bicyclic) bond motifs is 1. The lowest BCUT2D eigenvalue weighted by Crippen LogP contribution is -2.39. The van der Waals surface area contributed by atoms with Crippen LogP contribution in [0, 0.1) is 0 Å². The fourth-order valence-electron chi connectivity index (χ4n) is 3.42. The van der Waals surface area contributed by atoms with Crippen LogP contribution < -0.4 is 14.9 Å². The number of aromatic nitrogens is 3. The van der Waals surface area contributed by atoms with Gasteiger partial charge in [0.05, 0.1) is 34.6 Å². The van der Waals surface area contributed by atoms with Gasteiger partial charge in [0.2, 0.25) is 0 Å². The van der Waals surface area contributed by atoms with Gasteiger partial charge in [-0.15, -0.1) is 0 Å². The van der Waals surface area contributed by atoms with Crippen LogP contribution in [0.1, 0.15) is 31.0 Å². The Balaban J connectivity index is 1.96. The van der Waals surface area contributed by atoms with E-state index in [4.69, 9.17) is 16.3 Å². The van der Waals surface area contributed by atoms with E-state index >= 15 is 0 Å². The van der Waals surface area contributed by atoms with Crippen LogP contribution in [0.5, 0.6) is 0 Å². The largest absolute Gasteiger partial charge is 0.463 e. The van der Waals surface area contributed by atoms with Crippen LogP contribution in [0.25, 0.3) is 6.08 Å². The summed E-state index contributed by atoms with van der Waals surface area (Å²) < 4.78 is 9.01. The van der Waals surface area contributed by atoms with Crippen molar-refractivity contribution < 1.29 is 9.53 Å². The van der Waals surface area contributed by atoms with Crippen molar-refractivity contribution in [1.29, 1.82) is 0 Å². The Morgan fingerprint density at radius 3 is 2.70 bits per heavy atom. The van der Waals surface area contributed by atoms with E-state index in [0.29, 0.717) is 25.6 Å². The molecule has 9 heteroatoms. The second kappa shape index (κ2) is 8.04. The summed E-state index contributed by atoms with van der Waals surface area (Å²) in [7, 11) is 1.81. The monoisotopic (exact) mass is 442 g/mol. The first-order valence-electron chi connectivity index (χ1n) is 9.33. The van der Waals surface area contributed by atoms with Crippen molar-refractivity contribution >= 4 is 35.0 Å². The maximum Gasteiger partial charge on any atom is 0.338 e. The molecule has 154 valence electrons. The Morgan fingerprint density at radius 2 is 2.07 bits per heavy atom. The van der Waals surface area contributed by atoms with Crippen molar-refractivity contribution in [2.75, 3.05) is 6.61 Å². The first kappa shape index (κ1) is 20.3. The zero-order chi connectivity index (χ0) is 21.4. The van der Waals surface area contributed by atoms with E-state index in [1.165, 1.54) is 11.3 Å².